The van der Waals surface area contributed by atoms with Gasteiger partial charge < -0.3 is 20.3 Å². The average Bonchev–Trinajstić information content (AvgIpc) is 2.63. The quantitative estimate of drug-likeness (QED) is 0.629. The number of aliphatic carboxylic acids is 1. The number of hydrogen-bond acceptors (Lipinski definition) is 4. The molecule has 2 aromatic rings. The number of benzene rings is 2. The molecule has 0 radical (unpaired) electrons. The number of rotatable bonds is 9. The van der Waals surface area contributed by atoms with Gasteiger partial charge in [0.15, 0.2) is 0 Å². The van der Waals surface area contributed by atoms with Gasteiger partial charge in [-0.2, -0.15) is 0 Å². The molecule has 0 unspecified atom stereocenters. The zero-order valence-corrected chi connectivity index (χ0v) is 15.5. The molecule has 0 fully saturated rings. The van der Waals surface area contributed by atoms with E-state index in [4.69, 9.17) is 4.74 Å². The van der Waals surface area contributed by atoms with Crippen LogP contribution >= 0.6 is 0 Å². The average molecular weight is 371 g/mol. The second-order valence-corrected chi connectivity index (χ2v) is 6.79. The number of phenolic OH excluding ortho intramolecular Hbond substituents is 1. The highest BCUT2D eigenvalue weighted by molar-refractivity contribution is 5.96. The Balaban J connectivity index is 1.96. The Labute approximate surface area is 158 Å². The first-order chi connectivity index (χ1) is 12.8. The van der Waals surface area contributed by atoms with E-state index in [2.05, 4.69) is 19.2 Å². The van der Waals surface area contributed by atoms with Gasteiger partial charge in [-0.25, -0.2) is 4.79 Å². The smallest absolute Gasteiger partial charge is 0.326 e. The Kier molecular flexibility index (Phi) is 7.23. The van der Waals surface area contributed by atoms with Gasteiger partial charge in [0.25, 0.3) is 5.91 Å². The van der Waals surface area contributed by atoms with Crippen molar-refractivity contribution in [3.8, 4) is 11.5 Å². The van der Waals surface area contributed by atoms with E-state index < -0.39 is 17.9 Å². The van der Waals surface area contributed by atoms with Crippen LogP contribution in [-0.2, 0) is 11.2 Å². The maximum absolute atomic E-state index is 12.4. The van der Waals surface area contributed by atoms with Gasteiger partial charge in [-0.1, -0.05) is 26.0 Å². The van der Waals surface area contributed by atoms with Crippen LogP contribution in [0, 0.1) is 5.92 Å². The molecule has 0 aliphatic rings. The minimum Gasteiger partial charge on any atom is -0.508 e. The first-order valence-electron chi connectivity index (χ1n) is 8.89. The molecule has 0 aliphatic carbocycles. The summed E-state index contributed by atoms with van der Waals surface area (Å²) in [5.41, 5.74) is 1.07. The number of carboxylic acids is 1. The summed E-state index contributed by atoms with van der Waals surface area (Å²) in [6.07, 6.45) is 1.07. The summed E-state index contributed by atoms with van der Waals surface area (Å²) in [6.45, 7) is 4.85. The van der Waals surface area contributed by atoms with Gasteiger partial charge in [0, 0.05) is 12.0 Å². The molecular formula is C21H25NO5. The fourth-order valence-electron chi connectivity index (χ4n) is 2.42. The van der Waals surface area contributed by atoms with Gasteiger partial charge in [-0.15, -0.1) is 0 Å². The molecular weight excluding hydrogens is 346 g/mol. The Morgan fingerprint density at radius 3 is 2.22 bits per heavy atom. The molecule has 27 heavy (non-hydrogen) atoms. The Hall–Kier alpha value is -3.02. The summed E-state index contributed by atoms with van der Waals surface area (Å²) in [6, 6.07) is 11.8. The van der Waals surface area contributed by atoms with Gasteiger partial charge in [0.1, 0.15) is 17.5 Å². The summed E-state index contributed by atoms with van der Waals surface area (Å²) in [4.78, 5) is 23.8. The van der Waals surface area contributed by atoms with E-state index in [1.807, 2.05) is 0 Å². The Bertz CT molecular complexity index is 753. The van der Waals surface area contributed by atoms with Crippen molar-refractivity contribution in [2.75, 3.05) is 6.61 Å². The van der Waals surface area contributed by atoms with Crippen molar-refractivity contribution in [1.82, 2.24) is 5.32 Å². The van der Waals surface area contributed by atoms with Gasteiger partial charge in [-0.05, 0) is 54.3 Å². The number of hydrogen-bond donors (Lipinski definition) is 3. The fourth-order valence-corrected chi connectivity index (χ4v) is 2.42. The zero-order chi connectivity index (χ0) is 19.8. The fraction of sp³-hybridized carbons (Fsp3) is 0.333. The summed E-state index contributed by atoms with van der Waals surface area (Å²) in [5, 5.41) is 21.2. The number of carbonyl (C=O) groups is 2. The topological polar surface area (TPSA) is 95.9 Å². The van der Waals surface area contributed by atoms with E-state index in [0.29, 0.717) is 29.4 Å². The molecule has 1 atom stereocenters. The first-order valence-corrected chi connectivity index (χ1v) is 8.89. The monoisotopic (exact) mass is 371 g/mol. The molecule has 3 N–H and O–H groups in total. The van der Waals surface area contributed by atoms with Crippen molar-refractivity contribution in [2.45, 2.75) is 32.7 Å². The molecule has 0 saturated carbocycles. The lowest BCUT2D eigenvalue weighted by Gasteiger charge is -2.15. The van der Waals surface area contributed by atoms with Gasteiger partial charge in [0.05, 0.1) is 6.61 Å². The Morgan fingerprint density at radius 2 is 1.67 bits per heavy atom. The standard InChI is InChI=1S/C21H25NO5/c1-14(2)11-12-27-18-9-5-16(6-10-18)20(24)22-19(21(25)26)13-15-3-7-17(23)8-4-15/h3-10,14,19,23H,11-13H2,1-2H3,(H,22,24)(H,25,26)/t19-/m0/s1. The van der Waals surface area contributed by atoms with Crippen molar-refractivity contribution >= 4 is 11.9 Å². The van der Waals surface area contributed by atoms with Crippen molar-refractivity contribution in [2.24, 2.45) is 5.92 Å². The van der Waals surface area contributed by atoms with Crippen LogP contribution in [0.25, 0.3) is 0 Å². The van der Waals surface area contributed by atoms with Crippen LogP contribution in [0.4, 0.5) is 0 Å². The van der Waals surface area contributed by atoms with Crippen LogP contribution in [0.1, 0.15) is 36.2 Å². The number of ether oxygens (including phenoxy) is 1. The lowest BCUT2D eigenvalue weighted by Crippen LogP contribution is -2.42. The minimum absolute atomic E-state index is 0.102. The number of carbonyl (C=O) groups excluding carboxylic acids is 1. The van der Waals surface area contributed by atoms with Crippen LogP contribution in [0.5, 0.6) is 11.5 Å². The highest BCUT2D eigenvalue weighted by atomic mass is 16.5. The summed E-state index contributed by atoms with van der Waals surface area (Å²) in [7, 11) is 0. The SMILES string of the molecule is CC(C)CCOc1ccc(C(=O)N[C@@H](Cc2ccc(O)cc2)C(=O)O)cc1. The van der Waals surface area contributed by atoms with Crippen molar-refractivity contribution in [1.29, 1.82) is 0 Å². The third kappa shape index (κ3) is 6.66. The zero-order valence-electron chi connectivity index (χ0n) is 15.5. The van der Waals surface area contributed by atoms with Gasteiger partial charge >= 0.3 is 5.97 Å². The molecule has 2 aromatic carbocycles. The molecule has 144 valence electrons. The lowest BCUT2D eigenvalue weighted by atomic mass is 10.1. The van der Waals surface area contributed by atoms with Crippen LogP contribution in [0.2, 0.25) is 0 Å². The molecule has 6 nitrogen and oxygen atoms in total. The van der Waals surface area contributed by atoms with Crippen molar-refractivity contribution < 1.29 is 24.5 Å². The second kappa shape index (κ2) is 9.62. The highest BCUT2D eigenvalue weighted by Crippen LogP contribution is 2.15. The molecule has 2 rings (SSSR count). The van der Waals surface area contributed by atoms with E-state index in [0.717, 1.165) is 6.42 Å². The molecule has 1 amide bonds. The largest absolute Gasteiger partial charge is 0.508 e. The maximum atomic E-state index is 12.4. The van der Waals surface area contributed by atoms with Crippen molar-refractivity contribution in [3.05, 3.63) is 59.7 Å². The number of carboxylic acid groups (broad SMARTS) is 1. The van der Waals surface area contributed by atoms with Crippen LogP contribution in [-0.4, -0.2) is 34.7 Å². The molecule has 0 heterocycles. The molecule has 0 spiro atoms. The van der Waals surface area contributed by atoms with Gasteiger partial charge in [0.2, 0.25) is 0 Å². The molecule has 0 saturated heterocycles. The van der Waals surface area contributed by atoms with E-state index in [9.17, 15) is 19.8 Å². The minimum atomic E-state index is -1.12. The summed E-state index contributed by atoms with van der Waals surface area (Å²) >= 11 is 0. The number of nitrogens with one attached hydrogen (secondary N) is 1. The van der Waals surface area contributed by atoms with Crippen LogP contribution < -0.4 is 10.1 Å². The number of phenols is 1. The molecule has 0 aliphatic heterocycles. The van der Waals surface area contributed by atoms with E-state index in [-0.39, 0.29) is 12.2 Å². The second-order valence-electron chi connectivity index (χ2n) is 6.79. The predicted octanol–water partition coefficient (Wildman–Crippen LogP) is 3.24. The highest BCUT2D eigenvalue weighted by Gasteiger charge is 2.21. The van der Waals surface area contributed by atoms with E-state index >= 15 is 0 Å². The first kappa shape index (κ1) is 20.3. The normalized spacial score (nSPS) is 11.8. The number of aromatic hydroxyl groups is 1. The summed E-state index contributed by atoms with van der Waals surface area (Å²) < 4.78 is 5.61. The number of amides is 1. The maximum Gasteiger partial charge on any atom is 0.326 e. The van der Waals surface area contributed by atoms with E-state index in [1.54, 1.807) is 36.4 Å². The third-order valence-electron chi connectivity index (χ3n) is 4.06. The molecule has 6 heteroatoms. The Morgan fingerprint density at radius 1 is 1.04 bits per heavy atom. The third-order valence-corrected chi connectivity index (χ3v) is 4.06. The van der Waals surface area contributed by atoms with E-state index in [1.165, 1.54) is 12.1 Å². The molecule has 0 aromatic heterocycles. The summed E-state index contributed by atoms with van der Waals surface area (Å²) in [5.74, 6) is -0.256. The van der Waals surface area contributed by atoms with Crippen molar-refractivity contribution in [3.63, 3.8) is 0 Å². The van der Waals surface area contributed by atoms with Crippen LogP contribution in [0.3, 0.4) is 0 Å². The lowest BCUT2D eigenvalue weighted by molar-refractivity contribution is -0.139. The van der Waals surface area contributed by atoms with Gasteiger partial charge in [-0.3, -0.25) is 4.79 Å². The van der Waals surface area contributed by atoms with Crippen LogP contribution in [0.15, 0.2) is 48.5 Å². The predicted molar refractivity (Wildman–Crippen MR) is 102 cm³/mol. The molecule has 0 bridgehead atoms.